The molecule has 4 aromatic rings. The number of hydrogen-bond donors (Lipinski definition) is 2. The maximum Gasteiger partial charge on any atom is 0.416 e. The highest BCUT2D eigenvalue weighted by Gasteiger charge is 2.38. The summed E-state index contributed by atoms with van der Waals surface area (Å²) in [6, 6.07) is 16.1. The van der Waals surface area contributed by atoms with Crippen LogP contribution in [0.25, 0.3) is 16.8 Å². The fourth-order valence-corrected chi connectivity index (χ4v) is 4.12. The van der Waals surface area contributed by atoms with Gasteiger partial charge in [-0.2, -0.15) is 18.3 Å². The smallest absolute Gasteiger partial charge is 0.396 e. The van der Waals surface area contributed by atoms with E-state index in [1.165, 1.54) is 12.1 Å². The van der Waals surface area contributed by atoms with Crippen molar-refractivity contribution < 1.29 is 23.1 Å². The molecule has 0 spiro atoms. The zero-order valence-corrected chi connectivity index (χ0v) is 19.1. The fourth-order valence-electron chi connectivity index (χ4n) is 4.12. The largest absolute Gasteiger partial charge is 0.416 e. The van der Waals surface area contributed by atoms with Gasteiger partial charge in [0.15, 0.2) is 5.65 Å². The van der Waals surface area contributed by atoms with Crippen LogP contribution in [0.15, 0.2) is 73.1 Å². The molecular formula is C26H25F3N4O2. The lowest BCUT2D eigenvalue weighted by molar-refractivity contribution is -0.137. The molecule has 2 aromatic heterocycles. The predicted molar refractivity (Wildman–Crippen MR) is 126 cm³/mol. The summed E-state index contributed by atoms with van der Waals surface area (Å²) in [7, 11) is 0. The Hall–Kier alpha value is -3.72. The lowest BCUT2D eigenvalue weighted by atomic mass is 9.79. The van der Waals surface area contributed by atoms with E-state index < -0.39 is 17.2 Å². The van der Waals surface area contributed by atoms with Crippen molar-refractivity contribution in [2.24, 2.45) is 0 Å². The van der Waals surface area contributed by atoms with Crippen LogP contribution in [-0.4, -0.2) is 38.8 Å². The summed E-state index contributed by atoms with van der Waals surface area (Å²) in [5.41, 5.74) is 1.30. The van der Waals surface area contributed by atoms with Gasteiger partial charge in [0.25, 0.3) is 0 Å². The number of nitrogens with one attached hydrogen (secondary N) is 1. The number of aromatic nitrogens is 3. The number of hydrogen-bond acceptors (Lipinski definition) is 4. The molecule has 35 heavy (non-hydrogen) atoms. The summed E-state index contributed by atoms with van der Waals surface area (Å²) >= 11 is 0. The van der Waals surface area contributed by atoms with Gasteiger partial charge in [-0.05, 0) is 49.1 Å². The summed E-state index contributed by atoms with van der Waals surface area (Å²) in [6.45, 7) is 2.11. The van der Waals surface area contributed by atoms with Crippen molar-refractivity contribution in [3.8, 4) is 11.1 Å². The molecule has 0 saturated carbocycles. The van der Waals surface area contributed by atoms with E-state index in [0.29, 0.717) is 41.9 Å². The summed E-state index contributed by atoms with van der Waals surface area (Å²) < 4.78 is 40.5. The van der Waals surface area contributed by atoms with Crippen molar-refractivity contribution in [3.05, 3.63) is 89.9 Å². The average Bonchev–Trinajstić information content (AvgIpc) is 3.28. The number of halogens is 3. The van der Waals surface area contributed by atoms with Gasteiger partial charge in [-0.1, -0.05) is 42.5 Å². The second kappa shape index (κ2) is 9.87. The molecule has 2 N–H and O–H groups in total. The van der Waals surface area contributed by atoms with Gasteiger partial charge in [0.2, 0.25) is 5.91 Å². The standard InChI is InChI=1S/C26H25F3N4O2/c1-25(24(35)31-13-5-15-34,16-18-6-3-2-4-7-18)22-12-14-30-23-21(17-32-33(22)23)19-8-10-20(11-9-19)26(27,28)29/h2-4,6-12,14,17,34H,5,13,15-16H2,1H3,(H,31,35). The SMILES string of the molecule is CC(Cc1ccccc1)(C(=O)NCCCO)c1ccnc2c(-c3ccc(C(F)(F)F)cc3)cnn12. The number of alkyl halides is 3. The van der Waals surface area contributed by atoms with E-state index in [-0.39, 0.29) is 12.5 Å². The topological polar surface area (TPSA) is 79.5 Å². The fraction of sp³-hybridized carbons (Fsp3) is 0.269. The van der Waals surface area contributed by atoms with E-state index in [1.807, 2.05) is 37.3 Å². The van der Waals surface area contributed by atoms with Crippen LogP contribution in [-0.2, 0) is 22.8 Å². The predicted octanol–water partition coefficient (Wildman–Crippen LogP) is 4.41. The maximum absolute atomic E-state index is 13.4. The van der Waals surface area contributed by atoms with Crippen LogP contribution < -0.4 is 5.32 Å². The van der Waals surface area contributed by atoms with Crippen LogP contribution >= 0.6 is 0 Å². The minimum atomic E-state index is -4.42. The Morgan fingerprint density at radius 2 is 1.77 bits per heavy atom. The van der Waals surface area contributed by atoms with E-state index in [1.54, 1.807) is 23.0 Å². The van der Waals surface area contributed by atoms with Gasteiger partial charge in [0.05, 0.1) is 22.9 Å². The number of benzene rings is 2. The van der Waals surface area contributed by atoms with Gasteiger partial charge >= 0.3 is 6.18 Å². The number of aliphatic hydroxyl groups excluding tert-OH is 1. The molecule has 0 bridgehead atoms. The number of amides is 1. The molecule has 0 aliphatic carbocycles. The molecule has 0 radical (unpaired) electrons. The zero-order chi connectivity index (χ0) is 25.1. The van der Waals surface area contributed by atoms with E-state index in [4.69, 9.17) is 5.11 Å². The highest BCUT2D eigenvalue weighted by Crippen LogP contribution is 2.34. The molecule has 2 aromatic carbocycles. The molecule has 0 aliphatic rings. The highest BCUT2D eigenvalue weighted by molar-refractivity contribution is 5.88. The Morgan fingerprint density at radius 1 is 1.06 bits per heavy atom. The normalized spacial score (nSPS) is 13.5. The first-order chi connectivity index (χ1) is 16.7. The van der Waals surface area contributed by atoms with Crippen LogP contribution in [0.2, 0.25) is 0 Å². The number of aliphatic hydroxyl groups is 1. The van der Waals surface area contributed by atoms with Crippen molar-refractivity contribution in [3.63, 3.8) is 0 Å². The number of carbonyl (C=O) groups excluding carboxylic acids is 1. The summed E-state index contributed by atoms with van der Waals surface area (Å²) in [5, 5.41) is 16.5. The van der Waals surface area contributed by atoms with Gasteiger partial charge in [-0.15, -0.1) is 0 Å². The number of nitrogens with zero attached hydrogens (tertiary/aromatic N) is 3. The van der Waals surface area contributed by atoms with E-state index in [2.05, 4.69) is 15.4 Å². The van der Waals surface area contributed by atoms with Crippen molar-refractivity contribution in [1.29, 1.82) is 0 Å². The quantitative estimate of drug-likeness (QED) is 0.365. The molecule has 0 saturated heterocycles. The molecule has 0 fully saturated rings. The Labute approximate surface area is 200 Å². The third kappa shape index (κ3) is 5.05. The van der Waals surface area contributed by atoms with Crippen LogP contribution in [0.1, 0.15) is 30.2 Å². The van der Waals surface area contributed by atoms with Crippen LogP contribution in [0.4, 0.5) is 13.2 Å². The Kier molecular flexibility index (Phi) is 6.88. The summed E-state index contributed by atoms with van der Waals surface area (Å²) in [5.74, 6) is -0.228. The van der Waals surface area contributed by atoms with Crippen LogP contribution in [0.3, 0.4) is 0 Å². The van der Waals surface area contributed by atoms with Gasteiger partial charge in [0.1, 0.15) is 0 Å². The zero-order valence-electron chi connectivity index (χ0n) is 19.1. The Balaban J connectivity index is 1.78. The first-order valence-corrected chi connectivity index (χ1v) is 11.2. The molecule has 1 atom stereocenters. The summed E-state index contributed by atoms with van der Waals surface area (Å²) in [6.07, 6.45) is -0.495. The summed E-state index contributed by atoms with van der Waals surface area (Å²) in [4.78, 5) is 17.9. The molecule has 1 amide bonds. The van der Waals surface area contributed by atoms with Crippen LogP contribution in [0.5, 0.6) is 0 Å². The second-order valence-corrected chi connectivity index (χ2v) is 8.53. The van der Waals surface area contributed by atoms with E-state index in [0.717, 1.165) is 17.7 Å². The van der Waals surface area contributed by atoms with Gasteiger partial charge in [0, 0.05) is 24.9 Å². The molecule has 9 heteroatoms. The lowest BCUT2D eigenvalue weighted by Gasteiger charge is -2.29. The van der Waals surface area contributed by atoms with Crippen LogP contribution in [0, 0.1) is 0 Å². The molecule has 6 nitrogen and oxygen atoms in total. The third-order valence-electron chi connectivity index (χ3n) is 6.01. The van der Waals surface area contributed by atoms with Crippen molar-refractivity contribution in [2.45, 2.75) is 31.4 Å². The Morgan fingerprint density at radius 3 is 2.43 bits per heavy atom. The highest BCUT2D eigenvalue weighted by atomic mass is 19.4. The molecule has 4 rings (SSSR count). The monoisotopic (exact) mass is 482 g/mol. The van der Waals surface area contributed by atoms with E-state index in [9.17, 15) is 18.0 Å². The first kappa shape index (κ1) is 24.4. The second-order valence-electron chi connectivity index (χ2n) is 8.53. The molecule has 2 heterocycles. The van der Waals surface area contributed by atoms with Gasteiger partial charge < -0.3 is 10.4 Å². The molecule has 182 valence electrons. The van der Waals surface area contributed by atoms with Crippen molar-refractivity contribution in [1.82, 2.24) is 19.9 Å². The number of rotatable bonds is 8. The molecule has 1 unspecified atom stereocenters. The van der Waals surface area contributed by atoms with Crippen molar-refractivity contribution in [2.75, 3.05) is 13.2 Å². The minimum Gasteiger partial charge on any atom is -0.396 e. The third-order valence-corrected chi connectivity index (χ3v) is 6.01. The number of fused-ring (bicyclic) bond motifs is 1. The molecular weight excluding hydrogens is 457 g/mol. The van der Waals surface area contributed by atoms with E-state index >= 15 is 0 Å². The van der Waals surface area contributed by atoms with Gasteiger partial charge in [-0.3, -0.25) is 4.79 Å². The number of carbonyl (C=O) groups is 1. The Bertz CT molecular complexity index is 1300. The lowest BCUT2D eigenvalue weighted by Crippen LogP contribution is -2.45. The van der Waals surface area contributed by atoms with Crippen molar-refractivity contribution >= 4 is 11.6 Å². The average molecular weight is 483 g/mol. The first-order valence-electron chi connectivity index (χ1n) is 11.2. The molecule has 0 aliphatic heterocycles. The minimum absolute atomic E-state index is 0.0369. The van der Waals surface area contributed by atoms with Gasteiger partial charge in [-0.25, -0.2) is 9.50 Å². The maximum atomic E-state index is 13.4.